The first kappa shape index (κ1) is 11.6. The molecule has 1 aromatic rings. The summed E-state index contributed by atoms with van der Waals surface area (Å²) in [6.07, 6.45) is 2.49. The summed E-state index contributed by atoms with van der Waals surface area (Å²) >= 11 is 0. The summed E-state index contributed by atoms with van der Waals surface area (Å²) in [6, 6.07) is 3.45. The average Bonchev–Trinajstić information content (AvgIpc) is 3.10. The maximum Gasteiger partial charge on any atom is 0.311 e. The van der Waals surface area contributed by atoms with Gasteiger partial charge in [-0.15, -0.1) is 0 Å². The Kier molecular flexibility index (Phi) is 2.87. The van der Waals surface area contributed by atoms with E-state index in [2.05, 4.69) is 11.9 Å². The molecule has 1 saturated carbocycles. The average molecular weight is 236 g/mol. The van der Waals surface area contributed by atoms with E-state index in [1.54, 1.807) is 6.07 Å². The summed E-state index contributed by atoms with van der Waals surface area (Å²) in [5.74, 6) is 1.37. The van der Waals surface area contributed by atoms with Gasteiger partial charge in [0.25, 0.3) is 0 Å². The first-order valence-corrected chi connectivity index (χ1v) is 5.64. The van der Waals surface area contributed by atoms with E-state index in [0.29, 0.717) is 17.8 Å². The van der Waals surface area contributed by atoms with Gasteiger partial charge in [0.1, 0.15) is 5.82 Å². The maximum atomic E-state index is 10.6. The SMILES string of the molecule is CC(C1CC1)N(C)c1ccc([N+](=O)[O-])c(N)n1. The van der Waals surface area contributed by atoms with Crippen LogP contribution < -0.4 is 10.6 Å². The van der Waals surface area contributed by atoms with Gasteiger partial charge >= 0.3 is 5.69 Å². The molecule has 17 heavy (non-hydrogen) atoms. The van der Waals surface area contributed by atoms with Gasteiger partial charge in [-0.1, -0.05) is 0 Å². The van der Waals surface area contributed by atoms with E-state index in [0.717, 1.165) is 0 Å². The minimum atomic E-state index is -0.517. The van der Waals surface area contributed by atoms with Gasteiger partial charge in [-0.3, -0.25) is 10.1 Å². The Hall–Kier alpha value is -1.85. The van der Waals surface area contributed by atoms with Crippen molar-refractivity contribution < 1.29 is 4.92 Å². The van der Waals surface area contributed by atoms with E-state index in [1.807, 2.05) is 11.9 Å². The van der Waals surface area contributed by atoms with Crippen LogP contribution in [0.1, 0.15) is 19.8 Å². The van der Waals surface area contributed by atoms with Crippen LogP contribution in [0.4, 0.5) is 17.3 Å². The smallest absolute Gasteiger partial charge is 0.311 e. The fraction of sp³-hybridized carbons (Fsp3) is 0.545. The predicted molar refractivity (Wildman–Crippen MR) is 65.9 cm³/mol. The van der Waals surface area contributed by atoms with Crippen molar-refractivity contribution in [3.63, 3.8) is 0 Å². The molecule has 1 aromatic heterocycles. The number of nitrogens with zero attached hydrogens (tertiary/aromatic N) is 3. The first-order valence-electron chi connectivity index (χ1n) is 5.64. The highest BCUT2D eigenvalue weighted by Gasteiger charge is 2.31. The molecule has 2 rings (SSSR count). The van der Waals surface area contributed by atoms with E-state index in [-0.39, 0.29) is 11.5 Å². The number of hydrogen-bond acceptors (Lipinski definition) is 5. The molecular weight excluding hydrogens is 220 g/mol. The van der Waals surface area contributed by atoms with Crippen LogP contribution >= 0.6 is 0 Å². The van der Waals surface area contributed by atoms with E-state index >= 15 is 0 Å². The molecule has 2 N–H and O–H groups in total. The number of rotatable bonds is 4. The number of pyridine rings is 1. The zero-order valence-corrected chi connectivity index (χ0v) is 9.96. The molecule has 0 amide bonds. The maximum absolute atomic E-state index is 10.6. The standard InChI is InChI=1S/C11H16N4O2/c1-7(8-3-4-8)14(2)10-6-5-9(15(16)17)11(12)13-10/h5-8H,3-4H2,1-2H3,(H2,12,13). The highest BCUT2D eigenvalue weighted by atomic mass is 16.6. The molecule has 1 atom stereocenters. The molecule has 1 fully saturated rings. The lowest BCUT2D eigenvalue weighted by Gasteiger charge is -2.25. The fourth-order valence-electron chi connectivity index (χ4n) is 1.91. The Morgan fingerprint density at radius 2 is 2.24 bits per heavy atom. The summed E-state index contributed by atoms with van der Waals surface area (Å²) in [5.41, 5.74) is 5.43. The Morgan fingerprint density at radius 1 is 1.59 bits per heavy atom. The second kappa shape index (κ2) is 4.20. The van der Waals surface area contributed by atoms with Crippen molar-refractivity contribution in [2.45, 2.75) is 25.8 Å². The number of nitrogens with two attached hydrogens (primary N) is 1. The van der Waals surface area contributed by atoms with E-state index in [1.165, 1.54) is 18.9 Å². The van der Waals surface area contributed by atoms with Crippen LogP contribution in [0.25, 0.3) is 0 Å². The Labute approximate surface area is 99.6 Å². The molecule has 1 aliphatic carbocycles. The van der Waals surface area contributed by atoms with Gasteiger partial charge in [-0.25, -0.2) is 4.98 Å². The van der Waals surface area contributed by atoms with Gasteiger partial charge in [0.2, 0.25) is 5.82 Å². The summed E-state index contributed by atoms with van der Waals surface area (Å²) in [7, 11) is 1.94. The highest BCUT2D eigenvalue weighted by Crippen LogP contribution is 2.36. The third-order valence-electron chi connectivity index (χ3n) is 3.36. The second-order valence-corrected chi connectivity index (χ2v) is 4.52. The Morgan fingerprint density at radius 3 is 2.71 bits per heavy atom. The van der Waals surface area contributed by atoms with Crippen LogP contribution in [0, 0.1) is 16.0 Å². The van der Waals surface area contributed by atoms with Gasteiger partial charge in [0, 0.05) is 19.2 Å². The third-order valence-corrected chi connectivity index (χ3v) is 3.36. The topological polar surface area (TPSA) is 85.3 Å². The molecule has 0 aromatic carbocycles. The molecule has 6 heteroatoms. The number of hydrogen-bond donors (Lipinski definition) is 1. The summed E-state index contributed by atoms with van der Waals surface area (Å²) in [4.78, 5) is 16.2. The molecule has 6 nitrogen and oxygen atoms in total. The van der Waals surface area contributed by atoms with Gasteiger partial charge in [0.05, 0.1) is 4.92 Å². The summed E-state index contributed by atoms with van der Waals surface area (Å²) in [5, 5.41) is 10.6. The Balaban J connectivity index is 2.21. The van der Waals surface area contributed by atoms with Gasteiger partial charge < -0.3 is 10.6 Å². The normalized spacial score (nSPS) is 16.6. The number of nitrogen functional groups attached to an aromatic ring is 1. The summed E-state index contributed by atoms with van der Waals surface area (Å²) < 4.78 is 0. The van der Waals surface area contributed by atoms with Crippen molar-refractivity contribution in [1.29, 1.82) is 0 Å². The monoisotopic (exact) mass is 236 g/mol. The molecule has 0 spiro atoms. The van der Waals surface area contributed by atoms with Crippen LogP contribution in [0.2, 0.25) is 0 Å². The number of aromatic nitrogens is 1. The van der Waals surface area contributed by atoms with Gasteiger partial charge in [0.15, 0.2) is 0 Å². The highest BCUT2D eigenvalue weighted by molar-refractivity contribution is 5.58. The lowest BCUT2D eigenvalue weighted by atomic mass is 10.2. The molecule has 1 heterocycles. The van der Waals surface area contributed by atoms with Crippen molar-refractivity contribution in [2.24, 2.45) is 5.92 Å². The van der Waals surface area contributed by atoms with Gasteiger partial charge in [-0.2, -0.15) is 0 Å². The Bertz CT molecular complexity index is 445. The van der Waals surface area contributed by atoms with Crippen molar-refractivity contribution in [1.82, 2.24) is 4.98 Å². The minimum Gasteiger partial charge on any atom is -0.378 e. The number of anilines is 2. The molecular formula is C11H16N4O2. The van der Waals surface area contributed by atoms with E-state index in [9.17, 15) is 10.1 Å². The third kappa shape index (κ3) is 2.30. The number of nitro groups is 1. The van der Waals surface area contributed by atoms with Crippen LogP contribution in [0.3, 0.4) is 0 Å². The summed E-state index contributed by atoms with van der Waals surface area (Å²) in [6.45, 7) is 2.14. The lowest BCUT2D eigenvalue weighted by molar-refractivity contribution is -0.384. The second-order valence-electron chi connectivity index (χ2n) is 4.52. The molecule has 1 unspecified atom stereocenters. The fourth-order valence-corrected chi connectivity index (χ4v) is 1.91. The van der Waals surface area contributed by atoms with Gasteiger partial charge in [-0.05, 0) is 31.7 Å². The molecule has 1 aliphatic rings. The molecule has 0 radical (unpaired) electrons. The van der Waals surface area contributed by atoms with Crippen LogP contribution in [0.5, 0.6) is 0 Å². The van der Waals surface area contributed by atoms with Crippen LogP contribution in [-0.2, 0) is 0 Å². The minimum absolute atomic E-state index is 0.0256. The first-order chi connectivity index (χ1) is 8.00. The van der Waals surface area contributed by atoms with Crippen LogP contribution in [0.15, 0.2) is 12.1 Å². The quantitative estimate of drug-likeness (QED) is 0.636. The molecule has 0 bridgehead atoms. The van der Waals surface area contributed by atoms with Crippen molar-refractivity contribution in [3.05, 3.63) is 22.2 Å². The predicted octanol–water partition coefficient (Wildman–Crippen LogP) is 1.81. The zero-order valence-electron chi connectivity index (χ0n) is 9.96. The van der Waals surface area contributed by atoms with E-state index < -0.39 is 4.92 Å². The van der Waals surface area contributed by atoms with Crippen molar-refractivity contribution >= 4 is 17.3 Å². The lowest BCUT2D eigenvalue weighted by Crippen LogP contribution is -2.31. The van der Waals surface area contributed by atoms with Crippen LogP contribution in [-0.4, -0.2) is 23.0 Å². The molecule has 92 valence electrons. The van der Waals surface area contributed by atoms with Crippen molar-refractivity contribution in [2.75, 3.05) is 17.7 Å². The zero-order chi connectivity index (χ0) is 12.6. The largest absolute Gasteiger partial charge is 0.378 e. The molecule has 0 aliphatic heterocycles. The van der Waals surface area contributed by atoms with Crippen molar-refractivity contribution in [3.8, 4) is 0 Å². The molecule has 0 saturated heterocycles. The van der Waals surface area contributed by atoms with E-state index in [4.69, 9.17) is 5.73 Å².